The Bertz CT molecular complexity index is 1440. The smallest absolute Gasteiger partial charge is 0.282 e. The van der Waals surface area contributed by atoms with Crippen molar-refractivity contribution >= 4 is 11.6 Å². The fourth-order valence-electron chi connectivity index (χ4n) is 7.20. The summed E-state index contributed by atoms with van der Waals surface area (Å²) in [6, 6.07) is 4.95. The second-order valence-electron chi connectivity index (χ2n) is 12.6. The fraction of sp³-hybridized carbons (Fsp3) is 0.567. The van der Waals surface area contributed by atoms with E-state index < -0.39 is 0 Å². The summed E-state index contributed by atoms with van der Waals surface area (Å²) in [6.07, 6.45) is 6.05. The highest BCUT2D eigenvalue weighted by Crippen LogP contribution is 2.49. The number of ether oxygens (including phenoxy) is 1. The number of aryl methyl sites for hydroxylation is 1. The molecule has 1 atom stereocenters. The number of anilines is 1. The average molecular weight is 547 g/mol. The molecule has 210 valence electrons. The van der Waals surface area contributed by atoms with E-state index in [2.05, 4.69) is 44.0 Å². The van der Waals surface area contributed by atoms with Gasteiger partial charge in [-0.2, -0.15) is 0 Å². The Morgan fingerprint density at radius 2 is 1.98 bits per heavy atom. The van der Waals surface area contributed by atoms with Crippen molar-refractivity contribution in [2.24, 2.45) is 17.3 Å². The van der Waals surface area contributed by atoms with Crippen LogP contribution < -0.4 is 9.64 Å². The first kappa shape index (κ1) is 25.6. The summed E-state index contributed by atoms with van der Waals surface area (Å²) in [7, 11) is 0. The van der Waals surface area contributed by atoms with Crippen LogP contribution >= 0.6 is 0 Å². The first-order chi connectivity index (χ1) is 19.3. The molecule has 1 aromatic carbocycles. The number of ketones is 1. The molecule has 4 fully saturated rings. The molecule has 2 saturated heterocycles. The summed E-state index contributed by atoms with van der Waals surface area (Å²) >= 11 is 0. The molecule has 0 radical (unpaired) electrons. The molecular formula is C30H35FN6O3. The van der Waals surface area contributed by atoms with Gasteiger partial charge in [0.25, 0.3) is 5.88 Å². The highest BCUT2D eigenvalue weighted by molar-refractivity contribution is 5.84. The van der Waals surface area contributed by atoms with E-state index in [4.69, 9.17) is 9.26 Å². The minimum absolute atomic E-state index is 0.197. The SMILES string of the molecule is Cc1noc(C2CC2)c1-c1cc(F)ccc1Oc1nncnc1N1CCC2(C1)CN(C(C(C)C)C1CC(=O)C1)C2. The molecule has 40 heavy (non-hydrogen) atoms. The Hall–Kier alpha value is -3.40. The van der Waals surface area contributed by atoms with Crippen LogP contribution in [0.5, 0.6) is 11.6 Å². The van der Waals surface area contributed by atoms with Gasteiger partial charge in [0.05, 0.1) is 11.3 Å². The van der Waals surface area contributed by atoms with Gasteiger partial charge in [0.1, 0.15) is 29.4 Å². The molecule has 7 rings (SSSR count). The van der Waals surface area contributed by atoms with Crippen LogP contribution in [-0.4, -0.2) is 63.2 Å². The summed E-state index contributed by atoms with van der Waals surface area (Å²) in [5.74, 6) is 3.58. The predicted molar refractivity (Wildman–Crippen MR) is 146 cm³/mol. The summed E-state index contributed by atoms with van der Waals surface area (Å²) < 4.78 is 26.5. The van der Waals surface area contributed by atoms with Crippen LogP contribution in [0.1, 0.15) is 63.3 Å². The monoisotopic (exact) mass is 546 g/mol. The lowest BCUT2D eigenvalue weighted by Gasteiger charge is -2.55. The average Bonchev–Trinajstić information content (AvgIpc) is 3.52. The number of halogens is 1. The van der Waals surface area contributed by atoms with Gasteiger partial charge >= 0.3 is 0 Å². The number of carbonyl (C=O) groups is 1. The quantitative estimate of drug-likeness (QED) is 0.379. The Morgan fingerprint density at radius 1 is 1.18 bits per heavy atom. The third-order valence-corrected chi connectivity index (χ3v) is 9.21. The molecule has 2 aliphatic carbocycles. The molecule has 9 nitrogen and oxygen atoms in total. The molecule has 0 bridgehead atoms. The number of Topliss-reactive ketones (excluding diaryl/α,β-unsaturated/α-hetero) is 1. The second-order valence-corrected chi connectivity index (χ2v) is 12.6. The van der Waals surface area contributed by atoms with Crippen molar-refractivity contribution in [3.05, 3.63) is 41.8 Å². The minimum atomic E-state index is -0.357. The largest absolute Gasteiger partial charge is 0.434 e. The van der Waals surface area contributed by atoms with E-state index in [0.717, 1.165) is 69.6 Å². The number of hydrogen-bond acceptors (Lipinski definition) is 9. The number of carbonyl (C=O) groups excluding carboxylic acids is 1. The maximum Gasteiger partial charge on any atom is 0.282 e. The lowest BCUT2D eigenvalue weighted by molar-refractivity contribution is -0.133. The van der Waals surface area contributed by atoms with Gasteiger partial charge in [-0.25, -0.2) is 9.37 Å². The van der Waals surface area contributed by atoms with Crippen molar-refractivity contribution < 1.29 is 18.4 Å². The van der Waals surface area contributed by atoms with E-state index in [1.54, 1.807) is 6.07 Å². The number of hydrogen-bond donors (Lipinski definition) is 0. The van der Waals surface area contributed by atoms with Crippen LogP contribution in [0.15, 0.2) is 29.0 Å². The first-order valence-corrected chi connectivity index (χ1v) is 14.4. The van der Waals surface area contributed by atoms with Gasteiger partial charge in [-0.05, 0) is 56.2 Å². The Balaban J connectivity index is 1.11. The van der Waals surface area contributed by atoms with Crippen LogP contribution in [0.3, 0.4) is 0 Å². The molecule has 0 amide bonds. The maximum absolute atomic E-state index is 14.5. The van der Waals surface area contributed by atoms with Gasteiger partial charge in [0, 0.05) is 62.0 Å². The number of likely N-dealkylation sites (tertiary alicyclic amines) is 1. The Morgan fingerprint density at radius 3 is 2.70 bits per heavy atom. The zero-order chi connectivity index (χ0) is 27.6. The zero-order valence-electron chi connectivity index (χ0n) is 23.3. The molecule has 3 aromatic rings. The van der Waals surface area contributed by atoms with Crippen LogP contribution in [0.2, 0.25) is 0 Å². The predicted octanol–water partition coefficient (Wildman–Crippen LogP) is 5.16. The first-order valence-electron chi connectivity index (χ1n) is 14.4. The van der Waals surface area contributed by atoms with Crippen LogP contribution in [0.4, 0.5) is 10.2 Å². The van der Waals surface area contributed by atoms with Crippen molar-refractivity contribution in [2.45, 2.75) is 64.8 Å². The summed E-state index contributed by atoms with van der Waals surface area (Å²) in [4.78, 5) is 21.1. The summed E-state index contributed by atoms with van der Waals surface area (Å²) in [5, 5.41) is 12.5. The van der Waals surface area contributed by atoms with Gasteiger partial charge in [-0.1, -0.05) is 19.0 Å². The Labute approximate surface area is 233 Å². The molecule has 4 heterocycles. The van der Waals surface area contributed by atoms with Crippen molar-refractivity contribution in [3.8, 4) is 22.8 Å². The number of nitrogens with zero attached hydrogens (tertiary/aromatic N) is 6. The lowest BCUT2D eigenvalue weighted by atomic mass is 9.70. The van der Waals surface area contributed by atoms with Gasteiger partial charge in [0.15, 0.2) is 5.82 Å². The van der Waals surface area contributed by atoms with E-state index in [9.17, 15) is 9.18 Å². The topological polar surface area (TPSA) is 97.5 Å². The molecule has 4 aliphatic rings. The Kier molecular flexibility index (Phi) is 6.14. The van der Waals surface area contributed by atoms with Crippen molar-refractivity contribution in [3.63, 3.8) is 0 Å². The van der Waals surface area contributed by atoms with Gasteiger partial charge in [0.2, 0.25) is 0 Å². The molecule has 0 N–H and O–H groups in total. The third kappa shape index (κ3) is 4.46. The van der Waals surface area contributed by atoms with Crippen LogP contribution in [0.25, 0.3) is 11.1 Å². The molecule has 2 aliphatic heterocycles. The molecule has 1 unspecified atom stereocenters. The summed E-state index contributed by atoms with van der Waals surface area (Å²) in [5.41, 5.74) is 2.29. The van der Waals surface area contributed by atoms with Crippen LogP contribution in [0, 0.1) is 30.0 Å². The van der Waals surface area contributed by atoms with E-state index >= 15 is 0 Å². The molecule has 2 saturated carbocycles. The summed E-state index contributed by atoms with van der Waals surface area (Å²) in [6.45, 7) is 10.2. The lowest BCUT2D eigenvalue weighted by Crippen LogP contribution is -2.64. The number of aromatic nitrogens is 4. The van der Waals surface area contributed by atoms with Crippen molar-refractivity contribution in [1.29, 1.82) is 0 Å². The zero-order valence-corrected chi connectivity index (χ0v) is 23.3. The minimum Gasteiger partial charge on any atom is -0.434 e. The van der Waals surface area contributed by atoms with E-state index in [1.165, 1.54) is 18.5 Å². The maximum atomic E-state index is 14.5. The molecule has 2 aromatic heterocycles. The fourth-order valence-corrected chi connectivity index (χ4v) is 7.20. The van der Waals surface area contributed by atoms with Crippen molar-refractivity contribution in [2.75, 3.05) is 31.1 Å². The molecule has 10 heteroatoms. The van der Waals surface area contributed by atoms with E-state index in [-0.39, 0.29) is 11.2 Å². The second kappa shape index (κ2) is 9.61. The van der Waals surface area contributed by atoms with E-state index in [1.807, 2.05) is 6.92 Å². The van der Waals surface area contributed by atoms with Gasteiger partial charge in [-0.3, -0.25) is 9.69 Å². The standard InChI is InChI=1S/C30H35FN6O3/c1-17(2)26(20-10-22(38)11-20)37-14-30(15-37)8-9-36(13-30)28-29(34-33-16-32-28)39-24-7-6-21(31)12-23(24)25-18(3)35-40-27(25)19-4-5-19/h6-7,12,16-17,19-20,26H,4-5,8-11,13-15H2,1-3H3. The van der Waals surface area contributed by atoms with Crippen LogP contribution in [-0.2, 0) is 4.79 Å². The number of benzene rings is 1. The third-order valence-electron chi connectivity index (χ3n) is 9.21. The number of rotatable bonds is 8. The highest BCUT2D eigenvalue weighted by Gasteiger charge is 2.52. The molecular weight excluding hydrogens is 511 g/mol. The normalized spacial score (nSPS) is 21.6. The highest BCUT2D eigenvalue weighted by atomic mass is 19.1. The van der Waals surface area contributed by atoms with Gasteiger partial charge in [-0.15, -0.1) is 10.2 Å². The van der Waals surface area contributed by atoms with Crippen molar-refractivity contribution in [1.82, 2.24) is 25.2 Å². The molecule has 1 spiro atoms. The van der Waals surface area contributed by atoms with Gasteiger partial charge < -0.3 is 14.2 Å². The van der Waals surface area contributed by atoms with E-state index in [0.29, 0.717) is 58.3 Å².